The number of ether oxygens (including phenoxy) is 2. The summed E-state index contributed by atoms with van der Waals surface area (Å²) in [6, 6.07) is 17.2. The summed E-state index contributed by atoms with van der Waals surface area (Å²) in [7, 11) is 1.30. The zero-order valence-electron chi connectivity index (χ0n) is 21.7. The molecule has 0 aliphatic rings. The topological polar surface area (TPSA) is 111 Å². The van der Waals surface area contributed by atoms with E-state index in [4.69, 9.17) is 32.7 Å². The highest BCUT2D eigenvalue weighted by molar-refractivity contribution is 6.35. The van der Waals surface area contributed by atoms with Gasteiger partial charge in [-0.1, -0.05) is 59.6 Å². The van der Waals surface area contributed by atoms with Crippen LogP contribution in [-0.2, 0) is 22.6 Å². The van der Waals surface area contributed by atoms with Crippen LogP contribution in [0.1, 0.15) is 25.0 Å². The maximum absolute atomic E-state index is 13.7. The number of nitrogens with zero attached hydrogens (tertiary/aromatic N) is 2. The molecule has 0 spiro atoms. The van der Waals surface area contributed by atoms with Crippen LogP contribution in [0.5, 0.6) is 11.5 Å². The van der Waals surface area contributed by atoms with Crippen molar-refractivity contribution in [1.29, 1.82) is 0 Å². The lowest BCUT2D eigenvalue weighted by Gasteiger charge is -2.32. The van der Waals surface area contributed by atoms with Gasteiger partial charge in [-0.25, -0.2) is 0 Å². The van der Waals surface area contributed by atoms with Gasteiger partial charge in [0.2, 0.25) is 11.7 Å². The van der Waals surface area contributed by atoms with Gasteiger partial charge >= 0.3 is 5.69 Å². The smallest absolute Gasteiger partial charge is 0.311 e. The van der Waals surface area contributed by atoms with Gasteiger partial charge in [-0.2, -0.15) is 0 Å². The molecule has 9 nitrogen and oxygen atoms in total. The average Bonchev–Trinajstić information content (AvgIpc) is 2.90. The number of nitrogens with one attached hydrogen (secondary N) is 1. The Morgan fingerprint density at radius 2 is 1.77 bits per heavy atom. The van der Waals surface area contributed by atoms with E-state index >= 15 is 0 Å². The van der Waals surface area contributed by atoms with Gasteiger partial charge < -0.3 is 19.7 Å². The largest absolute Gasteiger partial charge is 0.490 e. The molecule has 0 aromatic heterocycles. The van der Waals surface area contributed by atoms with Gasteiger partial charge in [0, 0.05) is 41.2 Å². The summed E-state index contributed by atoms with van der Waals surface area (Å²) in [5.74, 6) is -0.628. The fourth-order valence-electron chi connectivity index (χ4n) is 3.89. The van der Waals surface area contributed by atoms with Crippen LogP contribution in [0.15, 0.2) is 66.7 Å². The Morgan fingerprint density at radius 1 is 1.05 bits per heavy atom. The van der Waals surface area contributed by atoms with Gasteiger partial charge in [-0.15, -0.1) is 0 Å². The van der Waals surface area contributed by atoms with E-state index in [-0.39, 0.29) is 42.1 Å². The number of nitro groups is 1. The highest BCUT2D eigenvalue weighted by Crippen LogP contribution is 2.31. The third kappa shape index (κ3) is 8.33. The van der Waals surface area contributed by atoms with Gasteiger partial charge in [0.05, 0.1) is 12.0 Å². The van der Waals surface area contributed by atoms with Crippen molar-refractivity contribution in [2.24, 2.45) is 0 Å². The highest BCUT2D eigenvalue weighted by Gasteiger charge is 2.31. The molecule has 3 rings (SSSR count). The second-order valence-corrected chi connectivity index (χ2v) is 9.85. The van der Waals surface area contributed by atoms with Crippen molar-refractivity contribution in [2.45, 2.75) is 38.9 Å². The van der Waals surface area contributed by atoms with E-state index in [1.165, 1.54) is 30.2 Å². The van der Waals surface area contributed by atoms with Gasteiger partial charge in [0.1, 0.15) is 11.8 Å². The molecule has 0 bridgehead atoms. The number of carbonyl (C=O) groups excluding carboxylic acids is 2. The average molecular weight is 574 g/mol. The molecular formula is C28H29Cl2N3O6. The normalized spacial score (nSPS) is 11.5. The van der Waals surface area contributed by atoms with E-state index in [1.54, 1.807) is 18.2 Å². The Hall–Kier alpha value is -3.82. The molecule has 3 aromatic carbocycles. The van der Waals surface area contributed by atoms with Crippen molar-refractivity contribution < 1.29 is 24.0 Å². The summed E-state index contributed by atoms with van der Waals surface area (Å²) in [6.07, 6.45) is 0.252. The molecule has 1 atom stereocenters. The Kier molecular flexibility index (Phi) is 10.5. The fraction of sp³-hybridized carbons (Fsp3) is 0.286. The number of amides is 2. The monoisotopic (exact) mass is 573 g/mol. The third-order valence-electron chi connectivity index (χ3n) is 5.77. The van der Waals surface area contributed by atoms with Crippen LogP contribution in [0.3, 0.4) is 0 Å². The minimum Gasteiger partial charge on any atom is -0.490 e. The molecule has 11 heteroatoms. The van der Waals surface area contributed by atoms with Crippen molar-refractivity contribution >= 4 is 40.7 Å². The highest BCUT2D eigenvalue weighted by atomic mass is 35.5. The Balaban J connectivity index is 1.94. The summed E-state index contributed by atoms with van der Waals surface area (Å²) >= 11 is 12.5. The maximum Gasteiger partial charge on any atom is 0.311 e. The van der Waals surface area contributed by atoms with Crippen LogP contribution in [0.4, 0.5) is 5.69 Å². The lowest BCUT2D eigenvalue weighted by molar-refractivity contribution is -0.385. The molecular weight excluding hydrogens is 545 g/mol. The molecule has 0 saturated heterocycles. The number of hydrogen-bond donors (Lipinski definition) is 1. The van der Waals surface area contributed by atoms with Gasteiger partial charge in [0.25, 0.3) is 5.91 Å². The lowest BCUT2D eigenvalue weighted by atomic mass is 10.0. The minimum absolute atomic E-state index is 0.00647. The molecule has 0 aliphatic carbocycles. The van der Waals surface area contributed by atoms with Crippen molar-refractivity contribution in [1.82, 2.24) is 10.2 Å². The first-order valence-corrected chi connectivity index (χ1v) is 12.9. The van der Waals surface area contributed by atoms with E-state index in [0.29, 0.717) is 15.6 Å². The predicted molar refractivity (Wildman–Crippen MR) is 149 cm³/mol. The van der Waals surface area contributed by atoms with E-state index < -0.39 is 23.5 Å². The van der Waals surface area contributed by atoms with Gasteiger partial charge in [-0.3, -0.25) is 19.7 Å². The molecule has 206 valence electrons. The Labute approximate surface area is 236 Å². The first kappa shape index (κ1) is 29.7. The van der Waals surface area contributed by atoms with Crippen LogP contribution in [-0.4, -0.2) is 47.4 Å². The number of nitro benzene ring substituents is 1. The molecule has 1 unspecified atom stereocenters. The van der Waals surface area contributed by atoms with Crippen molar-refractivity contribution in [3.8, 4) is 11.5 Å². The molecule has 0 heterocycles. The summed E-state index contributed by atoms with van der Waals surface area (Å²) in [6.45, 7) is 3.26. The second-order valence-electron chi connectivity index (χ2n) is 9.01. The number of hydrogen-bond acceptors (Lipinski definition) is 6. The molecule has 39 heavy (non-hydrogen) atoms. The molecule has 3 aromatic rings. The summed E-state index contributed by atoms with van der Waals surface area (Å²) in [5, 5.41) is 14.9. The number of carbonyl (C=O) groups is 2. The minimum atomic E-state index is -0.885. The van der Waals surface area contributed by atoms with Crippen molar-refractivity contribution in [2.75, 3.05) is 13.7 Å². The summed E-state index contributed by atoms with van der Waals surface area (Å²) < 4.78 is 10.8. The van der Waals surface area contributed by atoms with E-state index in [2.05, 4.69) is 5.32 Å². The Bertz CT molecular complexity index is 1320. The summed E-state index contributed by atoms with van der Waals surface area (Å²) in [5.41, 5.74) is 1.23. The molecule has 2 amide bonds. The van der Waals surface area contributed by atoms with Crippen molar-refractivity contribution in [3.63, 3.8) is 0 Å². The molecule has 0 saturated carbocycles. The number of methoxy groups -OCH3 is 1. The molecule has 0 aliphatic heterocycles. The zero-order valence-corrected chi connectivity index (χ0v) is 23.2. The first-order valence-electron chi connectivity index (χ1n) is 12.1. The van der Waals surface area contributed by atoms with Crippen LogP contribution >= 0.6 is 23.2 Å². The quantitative estimate of drug-likeness (QED) is 0.227. The zero-order chi connectivity index (χ0) is 28.5. The number of halogens is 2. The van der Waals surface area contributed by atoms with E-state index in [1.807, 2.05) is 44.2 Å². The van der Waals surface area contributed by atoms with E-state index in [0.717, 1.165) is 5.56 Å². The Morgan fingerprint density at radius 3 is 2.38 bits per heavy atom. The maximum atomic E-state index is 13.7. The number of rotatable bonds is 12. The second kappa shape index (κ2) is 13.8. The van der Waals surface area contributed by atoms with Crippen LogP contribution < -0.4 is 14.8 Å². The standard InChI is InChI=1S/C28H29Cl2N3O6/c1-18(2)31-28(35)25(13-19-7-5-4-6-8-19)32(16-20-9-10-21(29)14-23(20)30)27(34)17-39-22-11-12-24(33(36)37)26(15-22)38-3/h4-12,14-15,18,25H,13,16-17H2,1-3H3,(H,31,35). The van der Waals surface area contributed by atoms with Crippen molar-refractivity contribution in [3.05, 3.63) is 98.0 Å². The van der Waals surface area contributed by atoms with Crippen LogP contribution in [0, 0.1) is 10.1 Å². The van der Waals surface area contributed by atoms with Gasteiger partial charge in [0.15, 0.2) is 6.61 Å². The lowest BCUT2D eigenvalue weighted by Crippen LogP contribution is -2.52. The predicted octanol–water partition coefficient (Wildman–Crippen LogP) is 5.45. The van der Waals surface area contributed by atoms with Crippen LogP contribution in [0.2, 0.25) is 10.0 Å². The molecule has 0 fully saturated rings. The molecule has 1 N–H and O–H groups in total. The molecule has 0 radical (unpaired) electrons. The first-order chi connectivity index (χ1) is 18.6. The van der Waals surface area contributed by atoms with Crippen LogP contribution in [0.25, 0.3) is 0 Å². The SMILES string of the molecule is COc1cc(OCC(=O)N(Cc2ccc(Cl)cc2Cl)C(Cc2ccccc2)C(=O)NC(C)C)ccc1[N+](=O)[O-]. The van der Waals surface area contributed by atoms with Gasteiger partial charge in [-0.05, 0) is 43.2 Å². The fourth-order valence-corrected chi connectivity index (χ4v) is 4.36. The van der Waals surface area contributed by atoms with E-state index in [9.17, 15) is 19.7 Å². The number of benzene rings is 3. The third-order valence-corrected chi connectivity index (χ3v) is 6.35. The summed E-state index contributed by atoms with van der Waals surface area (Å²) in [4.78, 5) is 39.1.